The molecule has 5 heteroatoms. The van der Waals surface area contributed by atoms with Gasteiger partial charge in [-0.3, -0.25) is 0 Å². The van der Waals surface area contributed by atoms with E-state index in [1.165, 1.54) is 12.7 Å². The van der Waals surface area contributed by atoms with Gasteiger partial charge in [-0.1, -0.05) is 29.8 Å². The average Bonchev–Trinajstić information content (AvgIpc) is 3.01. The fourth-order valence-electron chi connectivity index (χ4n) is 3.14. The van der Waals surface area contributed by atoms with Crippen molar-refractivity contribution in [2.45, 2.75) is 27.4 Å². The Morgan fingerprint density at radius 3 is 2.14 bits per heavy atom. The Kier molecular flexibility index (Phi) is 5.64. The van der Waals surface area contributed by atoms with Crippen LogP contribution in [0.1, 0.15) is 43.2 Å². The Balaban J connectivity index is 1.74. The Morgan fingerprint density at radius 2 is 1.54 bits per heavy atom. The Labute approximate surface area is 164 Å². The maximum Gasteiger partial charge on any atom is 0.340 e. The topological polar surface area (TPSA) is 57.5 Å². The predicted molar refractivity (Wildman–Crippen MR) is 107 cm³/mol. The SMILES string of the molecule is COC(=O)c1ccc(COC(=O)c2cc(C)n(-c3ccc(C)cc3)c2C)cc1. The first kappa shape index (κ1) is 19.4. The summed E-state index contributed by atoms with van der Waals surface area (Å²) in [5.41, 5.74) is 5.81. The van der Waals surface area contributed by atoms with Crippen molar-refractivity contribution in [3.05, 3.63) is 88.2 Å². The summed E-state index contributed by atoms with van der Waals surface area (Å²) in [4.78, 5) is 24.1. The van der Waals surface area contributed by atoms with Crippen LogP contribution in [0, 0.1) is 20.8 Å². The van der Waals surface area contributed by atoms with Crippen molar-refractivity contribution in [2.75, 3.05) is 7.11 Å². The van der Waals surface area contributed by atoms with E-state index in [4.69, 9.17) is 4.74 Å². The van der Waals surface area contributed by atoms with Gasteiger partial charge in [-0.15, -0.1) is 0 Å². The third kappa shape index (κ3) is 3.98. The lowest BCUT2D eigenvalue weighted by molar-refractivity contribution is 0.0470. The summed E-state index contributed by atoms with van der Waals surface area (Å²) in [6, 6.07) is 16.8. The fraction of sp³-hybridized carbons (Fsp3) is 0.217. The summed E-state index contributed by atoms with van der Waals surface area (Å²) < 4.78 is 12.2. The van der Waals surface area contributed by atoms with E-state index in [1.807, 2.05) is 55.7 Å². The van der Waals surface area contributed by atoms with Crippen molar-refractivity contribution in [2.24, 2.45) is 0 Å². The molecule has 0 fully saturated rings. The molecule has 0 unspecified atom stereocenters. The molecule has 0 aliphatic rings. The number of esters is 2. The first-order valence-electron chi connectivity index (χ1n) is 9.01. The van der Waals surface area contributed by atoms with Crippen LogP contribution in [-0.4, -0.2) is 23.6 Å². The third-order valence-corrected chi connectivity index (χ3v) is 4.69. The lowest BCUT2D eigenvalue weighted by Crippen LogP contribution is -2.08. The molecule has 3 aromatic rings. The highest BCUT2D eigenvalue weighted by molar-refractivity contribution is 5.91. The highest BCUT2D eigenvalue weighted by atomic mass is 16.5. The summed E-state index contributed by atoms with van der Waals surface area (Å²) in [6.45, 7) is 6.05. The van der Waals surface area contributed by atoms with Crippen LogP contribution in [0.2, 0.25) is 0 Å². The average molecular weight is 377 g/mol. The maximum absolute atomic E-state index is 12.6. The molecule has 1 aromatic heterocycles. The number of nitrogens with zero attached hydrogens (tertiary/aromatic N) is 1. The van der Waals surface area contributed by atoms with E-state index in [2.05, 4.69) is 4.74 Å². The maximum atomic E-state index is 12.6. The van der Waals surface area contributed by atoms with Gasteiger partial charge in [0.15, 0.2) is 0 Å². The van der Waals surface area contributed by atoms with E-state index in [-0.39, 0.29) is 12.6 Å². The standard InChI is InChI=1S/C23H23NO4/c1-15-5-11-20(12-6-15)24-16(2)13-21(17(24)3)23(26)28-14-18-7-9-19(10-8-18)22(25)27-4/h5-13H,14H2,1-4H3. The minimum Gasteiger partial charge on any atom is -0.465 e. The number of aryl methyl sites for hydroxylation is 2. The summed E-state index contributed by atoms with van der Waals surface area (Å²) >= 11 is 0. The van der Waals surface area contributed by atoms with E-state index in [1.54, 1.807) is 24.3 Å². The van der Waals surface area contributed by atoms with Crippen LogP contribution >= 0.6 is 0 Å². The number of aromatic nitrogens is 1. The van der Waals surface area contributed by atoms with Gasteiger partial charge in [-0.25, -0.2) is 9.59 Å². The minimum atomic E-state index is -0.396. The molecule has 0 N–H and O–H groups in total. The molecular formula is C23H23NO4. The van der Waals surface area contributed by atoms with Crippen LogP contribution in [0.5, 0.6) is 0 Å². The van der Waals surface area contributed by atoms with Gasteiger partial charge < -0.3 is 14.0 Å². The quantitative estimate of drug-likeness (QED) is 0.612. The molecule has 0 saturated carbocycles. The number of carbonyl (C=O) groups excluding carboxylic acids is 2. The van der Waals surface area contributed by atoms with Gasteiger partial charge in [0.05, 0.1) is 18.2 Å². The van der Waals surface area contributed by atoms with E-state index >= 15 is 0 Å². The molecule has 0 amide bonds. The van der Waals surface area contributed by atoms with Crippen molar-refractivity contribution in [1.82, 2.24) is 4.57 Å². The molecule has 0 spiro atoms. The van der Waals surface area contributed by atoms with Crippen LogP contribution < -0.4 is 0 Å². The highest BCUT2D eigenvalue weighted by Crippen LogP contribution is 2.22. The zero-order valence-electron chi connectivity index (χ0n) is 16.5. The Morgan fingerprint density at radius 1 is 0.893 bits per heavy atom. The number of methoxy groups -OCH3 is 1. The van der Waals surface area contributed by atoms with E-state index < -0.39 is 5.97 Å². The summed E-state index contributed by atoms with van der Waals surface area (Å²) in [6.07, 6.45) is 0. The highest BCUT2D eigenvalue weighted by Gasteiger charge is 2.18. The van der Waals surface area contributed by atoms with Gasteiger partial charge in [-0.05, 0) is 56.7 Å². The molecule has 3 rings (SSSR count). The summed E-state index contributed by atoms with van der Waals surface area (Å²) in [5.74, 6) is -0.768. The smallest absolute Gasteiger partial charge is 0.340 e. The molecule has 2 aromatic carbocycles. The first-order chi connectivity index (χ1) is 13.4. The lowest BCUT2D eigenvalue weighted by Gasteiger charge is -2.10. The number of hydrogen-bond donors (Lipinski definition) is 0. The second-order valence-electron chi connectivity index (χ2n) is 6.72. The molecule has 5 nitrogen and oxygen atoms in total. The molecule has 0 bridgehead atoms. The Bertz CT molecular complexity index is 998. The van der Waals surface area contributed by atoms with Gasteiger partial charge in [0, 0.05) is 17.1 Å². The van der Waals surface area contributed by atoms with Crippen molar-refractivity contribution in [1.29, 1.82) is 0 Å². The van der Waals surface area contributed by atoms with Gasteiger partial charge in [0.25, 0.3) is 0 Å². The molecule has 1 heterocycles. The first-order valence-corrected chi connectivity index (χ1v) is 9.01. The molecule has 0 atom stereocenters. The molecule has 0 aliphatic heterocycles. The third-order valence-electron chi connectivity index (χ3n) is 4.69. The largest absolute Gasteiger partial charge is 0.465 e. The number of carbonyl (C=O) groups is 2. The van der Waals surface area contributed by atoms with Crippen LogP contribution in [0.3, 0.4) is 0 Å². The van der Waals surface area contributed by atoms with Crippen molar-refractivity contribution in [3.8, 4) is 5.69 Å². The second kappa shape index (κ2) is 8.13. The van der Waals surface area contributed by atoms with Crippen LogP contribution in [-0.2, 0) is 16.1 Å². The van der Waals surface area contributed by atoms with Gasteiger partial charge in [0.1, 0.15) is 6.61 Å². The zero-order valence-corrected chi connectivity index (χ0v) is 16.5. The lowest BCUT2D eigenvalue weighted by atomic mass is 10.1. The molecule has 28 heavy (non-hydrogen) atoms. The predicted octanol–water partition coefficient (Wildman–Crippen LogP) is 4.55. The molecular weight excluding hydrogens is 354 g/mol. The van der Waals surface area contributed by atoms with E-state index in [9.17, 15) is 9.59 Å². The van der Waals surface area contributed by atoms with Crippen LogP contribution in [0.15, 0.2) is 54.6 Å². The second-order valence-corrected chi connectivity index (χ2v) is 6.72. The summed E-state index contributed by atoms with van der Waals surface area (Å²) in [5, 5.41) is 0. The molecule has 0 aliphatic carbocycles. The number of ether oxygens (including phenoxy) is 2. The molecule has 0 radical (unpaired) electrons. The monoisotopic (exact) mass is 377 g/mol. The number of benzene rings is 2. The van der Waals surface area contributed by atoms with Crippen molar-refractivity contribution < 1.29 is 19.1 Å². The normalized spacial score (nSPS) is 10.6. The van der Waals surface area contributed by atoms with Crippen LogP contribution in [0.4, 0.5) is 0 Å². The van der Waals surface area contributed by atoms with Gasteiger partial charge in [0.2, 0.25) is 0 Å². The number of rotatable bonds is 5. The number of hydrogen-bond acceptors (Lipinski definition) is 4. The van der Waals surface area contributed by atoms with Crippen molar-refractivity contribution in [3.63, 3.8) is 0 Å². The molecule has 144 valence electrons. The van der Waals surface area contributed by atoms with Gasteiger partial charge >= 0.3 is 11.9 Å². The Hall–Kier alpha value is -3.34. The molecule has 0 saturated heterocycles. The minimum absolute atomic E-state index is 0.133. The van der Waals surface area contributed by atoms with Crippen molar-refractivity contribution >= 4 is 11.9 Å². The van der Waals surface area contributed by atoms with E-state index in [0.29, 0.717) is 11.1 Å². The fourth-order valence-corrected chi connectivity index (χ4v) is 3.14. The van der Waals surface area contributed by atoms with E-state index in [0.717, 1.165) is 22.6 Å². The summed E-state index contributed by atoms with van der Waals surface area (Å²) in [7, 11) is 1.34. The van der Waals surface area contributed by atoms with Crippen LogP contribution in [0.25, 0.3) is 5.69 Å². The van der Waals surface area contributed by atoms with Gasteiger partial charge in [-0.2, -0.15) is 0 Å². The zero-order chi connectivity index (χ0) is 20.3.